The number of likely N-dealkylation sites (tertiary alicyclic amines) is 1. The molecule has 1 aliphatic heterocycles. The zero-order valence-electron chi connectivity index (χ0n) is 14.7. The summed E-state index contributed by atoms with van der Waals surface area (Å²) in [5.41, 5.74) is 3.43. The number of hydrogen-bond acceptors (Lipinski definition) is 4. The first-order chi connectivity index (χ1) is 12.3. The summed E-state index contributed by atoms with van der Waals surface area (Å²) < 4.78 is 0. The van der Waals surface area contributed by atoms with E-state index in [1.54, 1.807) is 6.33 Å². The van der Waals surface area contributed by atoms with Crippen molar-refractivity contribution in [2.24, 2.45) is 5.92 Å². The first kappa shape index (κ1) is 16.1. The van der Waals surface area contributed by atoms with Crippen LogP contribution >= 0.6 is 0 Å². The minimum atomic E-state index is 0.719. The zero-order chi connectivity index (χ0) is 17.1. The van der Waals surface area contributed by atoms with Crippen molar-refractivity contribution in [1.82, 2.24) is 19.9 Å². The van der Waals surface area contributed by atoms with E-state index in [-0.39, 0.29) is 0 Å². The number of benzene rings is 1. The second-order valence-electron chi connectivity index (χ2n) is 7.02. The Balaban J connectivity index is 1.33. The molecule has 5 nitrogen and oxygen atoms in total. The monoisotopic (exact) mass is 335 g/mol. The predicted octanol–water partition coefficient (Wildman–Crippen LogP) is 3.31. The average molecular weight is 335 g/mol. The van der Waals surface area contributed by atoms with Crippen LogP contribution in [0.3, 0.4) is 0 Å². The van der Waals surface area contributed by atoms with Crippen LogP contribution in [-0.4, -0.2) is 46.5 Å². The van der Waals surface area contributed by atoms with Crippen LogP contribution < -0.4 is 4.90 Å². The largest absolute Gasteiger partial charge is 0.358 e. The summed E-state index contributed by atoms with van der Waals surface area (Å²) in [5, 5.41) is 0. The van der Waals surface area contributed by atoms with E-state index in [9.17, 15) is 0 Å². The molecule has 4 rings (SSSR count). The van der Waals surface area contributed by atoms with Gasteiger partial charge in [0.1, 0.15) is 11.8 Å². The molecule has 2 aromatic heterocycles. The van der Waals surface area contributed by atoms with Crippen molar-refractivity contribution >= 4 is 16.9 Å². The molecule has 0 aliphatic carbocycles. The van der Waals surface area contributed by atoms with Gasteiger partial charge in [0.05, 0.1) is 5.52 Å². The summed E-state index contributed by atoms with van der Waals surface area (Å²) in [6.45, 7) is 4.47. The fourth-order valence-corrected chi connectivity index (χ4v) is 3.79. The molecule has 25 heavy (non-hydrogen) atoms. The standard InChI is InChI=1S/C20H25N5/c1-24(20-19-18(7-10-21-19)22-15-23-20)13-17-8-11-25(12-9-17)14-16-5-3-2-4-6-16/h2-7,10,15,17,21H,8-9,11-14H2,1H3. The molecular weight excluding hydrogens is 310 g/mol. The number of nitrogens with one attached hydrogen (secondary N) is 1. The van der Waals surface area contributed by atoms with E-state index in [0.29, 0.717) is 0 Å². The smallest absolute Gasteiger partial charge is 0.156 e. The molecule has 5 heteroatoms. The Labute approximate surface area is 148 Å². The van der Waals surface area contributed by atoms with E-state index < -0.39 is 0 Å². The maximum atomic E-state index is 4.49. The molecule has 0 radical (unpaired) electrons. The molecule has 0 atom stereocenters. The highest BCUT2D eigenvalue weighted by atomic mass is 15.2. The Morgan fingerprint density at radius 1 is 1.12 bits per heavy atom. The number of anilines is 1. The molecule has 0 unspecified atom stereocenters. The first-order valence-electron chi connectivity index (χ1n) is 9.05. The molecule has 0 bridgehead atoms. The van der Waals surface area contributed by atoms with Crippen LogP contribution in [0.25, 0.3) is 11.0 Å². The molecule has 3 aromatic rings. The molecular formula is C20H25N5. The third-order valence-electron chi connectivity index (χ3n) is 5.18. The first-order valence-corrected chi connectivity index (χ1v) is 9.05. The highest BCUT2D eigenvalue weighted by Gasteiger charge is 2.21. The molecule has 0 amide bonds. The predicted molar refractivity (Wildman–Crippen MR) is 102 cm³/mol. The van der Waals surface area contributed by atoms with Crippen molar-refractivity contribution in [2.45, 2.75) is 19.4 Å². The highest BCUT2D eigenvalue weighted by Crippen LogP contribution is 2.24. The number of piperidine rings is 1. The topological polar surface area (TPSA) is 48.1 Å². The Morgan fingerprint density at radius 3 is 2.72 bits per heavy atom. The fourth-order valence-electron chi connectivity index (χ4n) is 3.79. The fraction of sp³-hybridized carbons (Fsp3) is 0.400. The van der Waals surface area contributed by atoms with E-state index in [1.165, 1.54) is 31.5 Å². The van der Waals surface area contributed by atoms with Gasteiger partial charge in [0.2, 0.25) is 0 Å². The average Bonchev–Trinajstić information content (AvgIpc) is 3.13. The second kappa shape index (κ2) is 7.23. The lowest BCUT2D eigenvalue weighted by Crippen LogP contribution is -2.37. The molecule has 0 spiro atoms. The van der Waals surface area contributed by atoms with Gasteiger partial charge in [0.25, 0.3) is 0 Å². The van der Waals surface area contributed by atoms with E-state index in [0.717, 1.165) is 35.9 Å². The van der Waals surface area contributed by atoms with Gasteiger partial charge in [-0.25, -0.2) is 9.97 Å². The quantitative estimate of drug-likeness (QED) is 0.777. The van der Waals surface area contributed by atoms with E-state index in [2.05, 4.69) is 62.1 Å². The molecule has 1 saturated heterocycles. The maximum Gasteiger partial charge on any atom is 0.156 e. The lowest BCUT2D eigenvalue weighted by atomic mass is 9.96. The third kappa shape index (κ3) is 3.66. The van der Waals surface area contributed by atoms with Crippen LogP contribution in [0, 0.1) is 5.92 Å². The molecule has 1 aliphatic rings. The summed E-state index contributed by atoms with van der Waals surface area (Å²) in [7, 11) is 2.14. The Bertz CT molecular complexity index is 805. The van der Waals surface area contributed by atoms with Gasteiger partial charge in [-0.05, 0) is 43.5 Å². The molecule has 1 fully saturated rings. The van der Waals surface area contributed by atoms with Gasteiger partial charge in [-0.15, -0.1) is 0 Å². The lowest BCUT2D eigenvalue weighted by Gasteiger charge is -2.34. The van der Waals surface area contributed by atoms with Crippen LogP contribution in [0.1, 0.15) is 18.4 Å². The van der Waals surface area contributed by atoms with Gasteiger partial charge in [-0.3, -0.25) is 4.90 Å². The van der Waals surface area contributed by atoms with Crippen molar-refractivity contribution in [3.05, 3.63) is 54.5 Å². The highest BCUT2D eigenvalue weighted by molar-refractivity contribution is 5.85. The van der Waals surface area contributed by atoms with Crippen LogP contribution in [0.15, 0.2) is 48.9 Å². The van der Waals surface area contributed by atoms with E-state index >= 15 is 0 Å². The maximum absolute atomic E-state index is 4.49. The number of aromatic nitrogens is 3. The molecule has 1 aromatic carbocycles. The Hall–Kier alpha value is -2.40. The van der Waals surface area contributed by atoms with Crippen LogP contribution in [0.4, 0.5) is 5.82 Å². The van der Waals surface area contributed by atoms with Gasteiger partial charge < -0.3 is 9.88 Å². The van der Waals surface area contributed by atoms with Crippen LogP contribution in [-0.2, 0) is 6.54 Å². The molecule has 0 saturated carbocycles. The SMILES string of the molecule is CN(CC1CCN(Cc2ccccc2)CC1)c1ncnc2cc[nH]c12. The summed E-state index contributed by atoms with van der Waals surface area (Å²) in [4.78, 5) is 16.9. The van der Waals surface area contributed by atoms with Gasteiger partial charge >= 0.3 is 0 Å². The van der Waals surface area contributed by atoms with Gasteiger partial charge in [-0.1, -0.05) is 30.3 Å². The molecule has 1 N–H and O–H groups in total. The number of H-pyrrole nitrogens is 1. The van der Waals surface area contributed by atoms with Gasteiger partial charge in [0.15, 0.2) is 5.82 Å². The summed E-state index contributed by atoms with van der Waals surface area (Å²) >= 11 is 0. The van der Waals surface area contributed by atoms with Crippen molar-refractivity contribution in [3.8, 4) is 0 Å². The number of hydrogen-bond donors (Lipinski definition) is 1. The minimum absolute atomic E-state index is 0.719. The number of rotatable bonds is 5. The molecule has 3 heterocycles. The number of nitrogens with zero attached hydrogens (tertiary/aromatic N) is 4. The summed E-state index contributed by atoms with van der Waals surface area (Å²) in [6, 6.07) is 12.8. The molecule has 130 valence electrons. The van der Waals surface area contributed by atoms with Crippen LogP contribution in [0.2, 0.25) is 0 Å². The second-order valence-corrected chi connectivity index (χ2v) is 7.02. The third-order valence-corrected chi connectivity index (χ3v) is 5.18. The van der Waals surface area contributed by atoms with Crippen molar-refractivity contribution in [3.63, 3.8) is 0 Å². The number of aromatic amines is 1. The van der Waals surface area contributed by atoms with Crippen molar-refractivity contribution in [1.29, 1.82) is 0 Å². The Kier molecular flexibility index (Phi) is 4.65. The summed E-state index contributed by atoms with van der Waals surface area (Å²) in [6.07, 6.45) is 6.08. The van der Waals surface area contributed by atoms with Gasteiger partial charge in [0, 0.05) is 26.3 Å². The van der Waals surface area contributed by atoms with Crippen molar-refractivity contribution in [2.75, 3.05) is 31.6 Å². The van der Waals surface area contributed by atoms with Gasteiger partial charge in [-0.2, -0.15) is 0 Å². The minimum Gasteiger partial charge on any atom is -0.358 e. The Morgan fingerprint density at radius 2 is 1.92 bits per heavy atom. The van der Waals surface area contributed by atoms with E-state index in [1.807, 2.05) is 12.3 Å². The number of fused-ring (bicyclic) bond motifs is 1. The van der Waals surface area contributed by atoms with Crippen molar-refractivity contribution < 1.29 is 0 Å². The van der Waals surface area contributed by atoms with E-state index in [4.69, 9.17) is 0 Å². The lowest BCUT2D eigenvalue weighted by molar-refractivity contribution is 0.179. The summed E-state index contributed by atoms with van der Waals surface area (Å²) in [5.74, 6) is 1.72. The van der Waals surface area contributed by atoms with Crippen LogP contribution in [0.5, 0.6) is 0 Å². The normalized spacial score (nSPS) is 16.4. The zero-order valence-corrected chi connectivity index (χ0v) is 14.7.